The van der Waals surface area contributed by atoms with Gasteiger partial charge in [-0.1, -0.05) is 32.9 Å². The van der Waals surface area contributed by atoms with Crippen molar-refractivity contribution in [3.05, 3.63) is 29.8 Å². The van der Waals surface area contributed by atoms with Crippen LogP contribution in [0, 0.1) is 11.8 Å². The standard InChI is InChI=1S/C18H27NO/c1-13(2)11-20-17-8-4-15(5-9-17)18(10-14(18)3)12-19-16-6-7-16/h4-5,8-9,13-14,16,19H,6-7,10-12H2,1-3H3. The summed E-state index contributed by atoms with van der Waals surface area (Å²) in [5.41, 5.74) is 1.87. The highest BCUT2D eigenvalue weighted by Crippen LogP contribution is 2.54. The molecule has 2 unspecified atom stereocenters. The Kier molecular flexibility index (Phi) is 3.76. The van der Waals surface area contributed by atoms with E-state index in [0.717, 1.165) is 30.9 Å². The summed E-state index contributed by atoms with van der Waals surface area (Å²) in [4.78, 5) is 0. The Hall–Kier alpha value is -1.02. The van der Waals surface area contributed by atoms with E-state index in [9.17, 15) is 0 Å². The maximum atomic E-state index is 5.77. The highest BCUT2D eigenvalue weighted by atomic mass is 16.5. The molecule has 0 heterocycles. The lowest BCUT2D eigenvalue weighted by atomic mass is 9.93. The molecule has 2 saturated carbocycles. The van der Waals surface area contributed by atoms with Gasteiger partial charge < -0.3 is 10.1 Å². The maximum absolute atomic E-state index is 5.77. The predicted octanol–water partition coefficient (Wildman–Crippen LogP) is 3.75. The molecule has 2 aliphatic rings. The van der Waals surface area contributed by atoms with Gasteiger partial charge in [-0.2, -0.15) is 0 Å². The van der Waals surface area contributed by atoms with Crippen molar-refractivity contribution in [2.75, 3.05) is 13.2 Å². The molecule has 2 fully saturated rings. The molecule has 3 rings (SSSR count). The van der Waals surface area contributed by atoms with Gasteiger partial charge in [0.1, 0.15) is 5.75 Å². The van der Waals surface area contributed by atoms with Crippen LogP contribution < -0.4 is 10.1 Å². The summed E-state index contributed by atoms with van der Waals surface area (Å²) in [6.07, 6.45) is 4.05. The third-order valence-corrected chi connectivity index (χ3v) is 4.75. The molecule has 2 atom stereocenters. The van der Waals surface area contributed by atoms with E-state index in [4.69, 9.17) is 4.74 Å². The third kappa shape index (κ3) is 3.01. The Labute approximate surface area is 122 Å². The quantitative estimate of drug-likeness (QED) is 0.817. The minimum atomic E-state index is 0.388. The van der Waals surface area contributed by atoms with E-state index in [1.807, 2.05) is 0 Å². The van der Waals surface area contributed by atoms with E-state index in [0.29, 0.717) is 11.3 Å². The fourth-order valence-electron chi connectivity index (χ4n) is 3.00. The molecule has 0 aromatic heterocycles. The number of rotatable bonds is 7. The van der Waals surface area contributed by atoms with Crippen molar-refractivity contribution < 1.29 is 4.74 Å². The first-order valence-corrected chi connectivity index (χ1v) is 8.07. The molecule has 0 amide bonds. The van der Waals surface area contributed by atoms with E-state index in [1.54, 1.807) is 0 Å². The number of hydrogen-bond donors (Lipinski definition) is 1. The smallest absolute Gasteiger partial charge is 0.119 e. The zero-order chi connectivity index (χ0) is 14.2. The summed E-state index contributed by atoms with van der Waals surface area (Å²) < 4.78 is 5.77. The van der Waals surface area contributed by atoms with Gasteiger partial charge in [-0.05, 0) is 48.8 Å². The molecule has 0 saturated heterocycles. The first kappa shape index (κ1) is 13.9. The van der Waals surface area contributed by atoms with E-state index in [-0.39, 0.29) is 0 Å². The van der Waals surface area contributed by atoms with E-state index >= 15 is 0 Å². The summed E-state index contributed by atoms with van der Waals surface area (Å²) in [7, 11) is 0. The Balaban J connectivity index is 1.63. The Morgan fingerprint density at radius 3 is 2.40 bits per heavy atom. The van der Waals surface area contributed by atoms with Crippen molar-refractivity contribution in [3.8, 4) is 5.75 Å². The zero-order valence-corrected chi connectivity index (χ0v) is 13.0. The lowest BCUT2D eigenvalue weighted by molar-refractivity contribution is 0.271. The summed E-state index contributed by atoms with van der Waals surface area (Å²) >= 11 is 0. The van der Waals surface area contributed by atoms with Crippen molar-refractivity contribution >= 4 is 0 Å². The van der Waals surface area contributed by atoms with Crippen LogP contribution in [0.15, 0.2) is 24.3 Å². The molecule has 0 aliphatic heterocycles. The van der Waals surface area contributed by atoms with Gasteiger partial charge >= 0.3 is 0 Å². The van der Waals surface area contributed by atoms with Gasteiger partial charge in [0.15, 0.2) is 0 Å². The molecule has 0 spiro atoms. The average molecular weight is 273 g/mol. The van der Waals surface area contributed by atoms with Crippen LogP contribution in [0.1, 0.15) is 45.6 Å². The fourth-order valence-corrected chi connectivity index (χ4v) is 3.00. The molecule has 2 heteroatoms. The van der Waals surface area contributed by atoms with Crippen LogP contribution in [0.2, 0.25) is 0 Å². The molecule has 0 bridgehead atoms. The topological polar surface area (TPSA) is 21.3 Å². The van der Waals surface area contributed by atoms with Gasteiger partial charge in [0.05, 0.1) is 6.61 Å². The Morgan fingerprint density at radius 1 is 1.25 bits per heavy atom. The van der Waals surface area contributed by atoms with Crippen LogP contribution in [-0.2, 0) is 5.41 Å². The second kappa shape index (κ2) is 5.40. The largest absolute Gasteiger partial charge is 0.493 e. The van der Waals surface area contributed by atoms with Crippen LogP contribution in [0.3, 0.4) is 0 Å². The van der Waals surface area contributed by atoms with Gasteiger partial charge in [-0.3, -0.25) is 0 Å². The lowest BCUT2D eigenvalue weighted by Crippen LogP contribution is -2.29. The van der Waals surface area contributed by atoms with Crippen LogP contribution in [-0.4, -0.2) is 19.2 Å². The van der Waals surface area contributed by atoms with Gasteiger partial charge in [0.25, 0.3) is 0 Å². The van der Waals surface area contributed by atoms with Crippen LogP contribution in [0.25, 0.3) is 0 Å². The number of nitrogens with one attached hydrogen (secondary N) is 1. The zero-order valence-electron chi connectivity index (χ0n) is 13.0. The summed E-state index contributed by atoms with van der Waals surface area (Å²) in [6, 6.07) is 9.62. The lowest BCUT2D eigenvalue weighted by Gasteiger charge is -2.19. The van der Waals surface area contributed by atoms with Gasteiger partial charge in [0, 0.05) is 18.0 Å². The highest BCUT2D eigenvalue weighted by molar-refractivity contribution is 5.38. The molecule has 20 heavy (non-hydrogen) atoms. The normalized spacial score (nSPS) is 28.7. The molecule has 1 aromatic carbocycles. The van der Waals surface area contributed by atoms with Crippen molar-refractivity contribution in [1.29, 1.82) is 0 Å². The molecule has 0 radical (unpaired) electrons. The maximum Gasteiger partial charge on any atom is 0.119 e. The van der Waals surface area contributed by atoms with Crippen LogP contribution in [0.5, 0.6) is 5.75 Å². The second-order valence-corrected chi connectivity index (χ2v) is 7.15. The number of benzene rings is 1. The fraction of sp³-hybridized carbons (Fsp3) is 0.667. The van der Waals surface area contributed by atoms with E-state index in [2.05, 4.69) is 50.4 Å². The molecule has 2 nitrogen and oxygen atoms in total. The minimum absolute atomic E-state index is 0.388. The molecule has 110 valence electrons. The van der Waals surface area contributed by atoms with Crippen LogP contribution in [0.4, 0.5) is 0 Å². The first-order valence-electron chi connectivity index (χ1n) is 8.07. The van der Waals surface area contributed by atoms with E-state index in [1.165, 1.54) is 24.8 Å². The van der Waals surface area contributed by atoms with Crippen LogP contribution >= 0.6 is 0 Å². The van der Waals surface area contributed by atoms with Crippen molar-refractivity contribution in [2.45, 2.75) is 51.5 Å². The second-order valence-electron chi connectivity index (χ2n) is 7.15. The monoisotopic (exact) mass is 273 g/mol. The molecular formula is C18H27NO. The molecule has 2 aliphatic carbocycles. The third-order valence-electron chi connectivity index (χ3n) is 4.75. The summed E-state index contributed by atoms with van der Waals surface area (Å²) in [5.74, 6) is 2.38. The summed E-state index contributed by atoms with van der Waals surface area (Å²) in [5, 5.41) is 3.71. The van der Waals surface area contributed by atoms with Crippen molar-refractivity contribution in [1.82, 2.24) is 5.32 Å². The van der Waals surface area contributed by atoms with Gasteiger partial charge in [-0.15, -0.1) is 0 Å². The average Bonchev–Trinajstić information content (AvgIpc) is 3.32. The number of ether oxygens (including phenoxy) is 1. The predicted molar refractivity (Wildman–Crippen MR) is 83.3 cm³/mol. The molecule has 1 aromatic rings. The van der Waals surface area contributed by atoms with E-state index < -0.39 is 0 Å². The Bertz CT molecular complexity index is 449. The Morgan fingerprint density at radius 2 is 1.90 bits per heavy atom. The number of hydrogen-bond acceptors (Lipinski definition) is 2. The SMILES string of the molecule is CC(C)COc1ccc(C2(CNC3CC3)CC2C)cc1. The van der Waals surface area contributed by atoms with Crippen molar-refractivity contribution in [2.24, 2.45) is 11.8 Å². The molecule has 1 N–H and O–H groups in total. The summed E-state index contributed by atoms with van der Waals surface area (Å²) in [6.45, 7) is 8.67. The van der Waals surface area contributed by atoms with Crippen molar-refractivity contribution in [3.63, 3.8) is 0 Å². The molecular weight excluding hydrogens is 246 g/mol. The first-order chi connectivity index (χ1) is 9.60. The minimum Gasteiger partial charge on any atom is -0.493 e. The highest BCUT2D eigenvalue weighted by Gasteiger charge is 2.52. The van der Waals surface area contributed by atoms with Gasteiger partial charge in [0.2, 0.25) is 0 Å². The van der Waals surface area contributed by atoms with Gasteiger partial charge in [-0.25, -0.2) is 0 Å².